The normalized spacial score (nSPS) is 10.6. The highest BCUT2D eigenvalue weighted by Crippen LogP contribution is 2.31. The predicted molar refractivity (Wildman–Crippen MR) is 118 cm³/mol. The van der Waals surface area contributed by atoms with Crippen LogP contribution in [0.15, 0.2) is 91.3 Å². The summed E-state index contributed by atoms with van der Waals surface area (Å²) >= 11 is 0. The fourth-order valence-corrected chi connectivity index (χ4v) is 3.52. The second-order valence-corrected chi connectivity index (χ2v) is 7.17. The van der Waals surface area contributed by atoms with Gasteiger partial charge in [-0.2, -0.15) is 0 Å². The van der Waals surface area contributed by atoms with Crippen LogP contribution in [0.3, 0.4) is 0 Å². The van der Waals surface area contributed by atoms with Crippen LogP contribution in [-0.2, 0) is 6.42 Å². The van der Waals surface area contributed by atoms with Gasteiger partial charge in [0, 0.05) is 12.4 Å². The van der Waals surface area contributed by atoms with E-state index in [1.165, 1.54) is 0 Å². The summed E-state index contributed by atoms with van der Waals surface area (Å²) in [6, 6.07) is 23.7. The molecule has 0 aliphatic carbocycles. The lowest BCUT2D eigenvalue weighted by Gasteiger charge is -2.13. The van der Waals surface area contributed by atoms with Gasteiger partial charge in [-0.15, -0.1) is 0 Å². The van der Waals surface area contributed by atoms with Crippen LogP contribution in [0.25, 0.3) is 22.3 Å². The van der Waals surface area contributed by atoms with Crippen molar-refractivity contribution in [1.82, 2.24) is 4.98 Å². The van der Waals surface area contributed by atoms with Crippen molar-refractivity contribution in [2.75, 3.05) is 0 Å². The molecule has 0 amide bonds. The largest absolute Gasteiger partial charge is 0.478 e. The molecule has 5 heteroatoms. The third kappa shape index (κ3) is 4.51. The number of aromatic nitrogens is 1. The first-order chi connectivity index (χ1) is 15.0. The Morgan fingerprint density at radius 2 is 1.16 bits per heavy atom. The van der Waals surface area contributed by atoms with E-state index in [0.29, 0.717) is 6.42 Å². The van der Waals surface area contributed by atoms with Gasteiger partial charge >= 0.3 is 11.9 Å². The Labute approximate surface area is 179 Å². The van der Waals surface area contributed by atoms with Gasteiger partial charge in [-0.25, -0.2) is 9.59 Å². The van der Waals surface area contributed by atoms with Crippen molar-refractivity contribution >= 4 is 11.9 Å². The summed E-state index contributed by atoms with van der Waals surface area (Å²) in [5, 5.41) is 18.3. The standard InChI is InChI=1S/C26H19NO4/c28-25(29)20-5-1-18(2-6-20)22-9-10-24(19-3-7-21(8-4-19)26(30)31)23(16-22)15-17-11-13-27-14-12-17/h1-14,16H,15H2,(H,28,29)(H,30,31). The molecule has 0 aliphatic rings. The van der Waals surface area contributed by atoms with Gasteiger partial charge in [-0.3, -0.25) is 4.98 Å². The van der Waals surface area contributed by atoms with Gasteiger partial charge in [-0.05, 0) is 76.2 Å². The molecule has 0 atom stereocenters. The van der Waals surface area contributed by atoms with Gasteiger partial charge in [0.2, 0.25) is 0 Å². The topological polar surface area (TPSA) is 87.5 Å². The first-order valence-electron chi connectivity index (χ1n) is 9.70. The second kappa shape index (κ2) is 8.63. The number of carbonyl (C=O) groups is 2. The Morgan fingerprint density at radius 3 is 1.71 bits per heavy atom. The van der Waals surface area contributed by atoms with E-state index in [4.69, 9.17) is 10.2 Å². The van der Waals surface area contributed by atoms with E-state index in [1.807, 2.05) is 36.4 Å². The van der Waals surface area contributed by atoms with Crippen molar-refractivity contribution in [1.29, 1.82) is 0 Å². The quantitative estimate of drug-likeness (QED) is 0.445. The van der Waals surface area contributed by atoms with Crippen molar-refractivity contribution in [3.05, 3.63) is 114 Å². The number of nitrogens with zero attached hydrogens (tertiary/aromatic N) is 1. The summed E-state index contributed by atoms with van der Waals surface area (Å²) in [4.78, 5) is 26.4. The number of benzene rings is 3. The molecular formula is C26H19NO4. The zero-order valence-electron chi connectivity index (χ0n) is 16.5. The molecule has 3 aromatic carbocycles. The summed E-state index contributed by atoms with van der Waals surface area (Å²) in [5.74, 6) is -1.91. The summed E-state index contributed by atoms with van der Waals surface area (Å²) in [6.45, 7) is 0. The number of rotatable bonds is 6. The Bertz CT molecular complexity index is 1230. The number of hydrogen-bond acceptors (Lipinski definition) is 3. The SMILES string of the molecule is O=C(O)c1ccc(-c2ccc(-c3ccc(C(=O)O)cc3)c(Cc3ccncc3)c2)cc1. The lowest BCUT2D eigenvalue weighted by molar-refractivity contribution is 0.0686. The Kier molecular flexibility index (Phi) is 5.58. The lowest BCUT2D eigenvalue weighted by atomic mass is 9.91. The van der Waals surface area contributed by atoms with E-state index < -0.39 is 11.9 Å². The molecule has 2 N–H and O–H groups in total. The van der Waals surface area contributed by atoms with Gasteiger partial charge in [0.1, 0.15) is 0 Å². The number of hydrogen-bond donors (Lipinski definition) is 2. The monoisotopic (exact) mass is 409 g/mol. The highest BCUT2D eigenvalue weighted by Gasteiger charge is 2.11. The Morgan fingerprint density at radius 1 is 0.645 bits per heavy atom. The number of aromatic carboxylic acids is 2. The molecule has 1 aromatic heterocycles. The van der Waals surface area contributed by atoms with Crippen molar-refractivity contribution in [2.24, 2.45) is 0 Å². The maximum Gasteiger partial charge on any atom is 0.335 e. The summed E-state index contributed by atoms with van der Waals surface area (Å²) < 4.78 is 0. The van der Waals surface area contributed by atoms with Crippen LogP contribution in [0.5, 0.6) is 0 Å². The molecular weight excluding hydrogens is 390 g/mol. The van der Waals surface area contributed by atoms with E-state index in [9.17, 15) is 9.59 Å². The highest BCUT2D eigenvalue weighted by molar-refractivity contribution is 5.89. The Hall–Kier alpha value is -4.25. The van der Waals surface area contributed by atoms with Crippen LogP contribution in [-0.4, -0.2) is 27.1 Å². The van der Waals surface area contributed by atoms with Crippen LogP contribution < -0.4 is 0 Å². The van der Waals surface area contributed by atoms with Crippen LogP contribution in [0, 0.1) is 0 Å². The summed E-state index contributed by atoms with van der Waals surface area (Å²) in [7, 11) is 0. The molecule has 1 heterocycles. The van der Waals surface area contributed by atoms with E-state index in [1.54, 1.807) is 48.8 Å². The van der Waals surface area contributed by atoms with Crippen molar-refractivity contribution in [3.8, 4) is 22.3 Å². The lowest BCUT2D eigenvalue weighted by Crippen LogP contribution is -1.97. The van der Waals surface area contributed by atoms with Crippen LogP contribution in [0.1, 0.15) is 31.8 Å². The molecule has 31 heavy (non-hydrogen) atoms. The van der Waals surface area contributed by atoms with Crippen LogP contribution in [0.4, 0.5) is 0 Å². The second-order valence-electron chi connectivity index (χ2n) is 7.17. The molecule has 0 saturated carbocycles. The van der Waals surface area contributed by atoms with Crippen LogP contribution >= 0.6 is 0 Å². The molecule has 4 rings (SSSR count). The third-order valence-corrected chi connectivity index (χ3v) is 5.16. The van der Waals surface area contributed by atoms with Gasteiger partial charge < -0.3 is 10.2 Å². The van der Waals surface area contributed by atoms with E-state index in [-0.39, 0.29) is 11.1 Å². The number of carboxylic acid groups (broad SMARTS) is 2. The molecule has 152 valence electrons. The molecule has 0 saturated heterocycles. The number of carboxylic acids is 2. The van der Waals surface area contributed by atoms with Crippen LogP contribution in [0.2, 0.25) is 0 Å². The molecule has 4 aromatic rings. The molecule has 0 bridgehead atoms. The van der Waals surface area contributed by atoms with E-state index in [0.717, 1.165) is 33.4 Å². The summed E-state index contributed by atoms with van der Waals surface area (Å²) in [6.07, 6.45) is 4.19. The molecule has 0 fully saturated rings. The highest BCUT2D eigenvalue weighted by atomic mass is 16.4. The maximum atomic E-state index is 11.2. The molecule has 0 radical (unpaired) electrons. The first kappa shape index (κ1) is 20.0. The fourth-order valence-electron chi connectivity index (χ4n) is 3.52. The maximum absolute atomic E-state index is 11.2. The molecule has 0 aliphatic heterocycles. The minimum Gasteiger partial charge on any atom is -0.478 e. The van der Waals surface area contributed by atoms with Gasteiger partial charge in [0.05, 0.1) is 11.1 Å². The minimum absolute atomic E-state index is 0.245. The predicted octanol–water partition coefficient (Wildman–Crippen LogP) is 5.40. The Balaban J connectivity index is 1.77. The fraction of sp³-hybridized carbons (Fsp3) is 0.0385. The number of pyridine rings is 1. The van der Waals surface area contributed by atoms with Crippen molar-refractivity contribution in [3.63, 3.8) is 0 Å². The van der Waals surface area contributed by atoms with Crippen molar-refractivity contribution < 1.29 is 19.8 Å². The van der Waals surface area contributed by atoms with Gasteiger partial charge in [0.15, 0.2) is 0 Å². The molecule has 0 spiro atoms. The van der Waals surface area contributed by atoms with Gasteiger partial charge in [-0.1, -0.05) is 42.5 Å². The zero-order chi connectivity index (χ0) is 21.8. The molecule has 5 nitrogen and oxygen atoms in total. The average Bonchev–Trinajstić information content (AvgIpc) is 2.80. The summed E-state index contributed by atoms with van der Waals surface area (Å²) in [5.41, 5.74) is 6.53. The van der Waals surface area contributed by atoms with Gasteiger partial charge in [0.25, 0.3) is 0 Å². The smallest absolute Gasteiger partial charge is 0.335 e. The van der Waals surface area contributed by atoms with Crippen molar-refractivity contribution in [2.45, 2.75) is 6.42 Å². The third-order valence-electron chi connectivity index (χ3n) is 5.16. The first-order valence-corrected chi connectivity index (χ1v) is 9.70. The average molecular weight is 409 g/mol. The van der Waals surface area contributed by atoms with E-state index >= 15 is 0 Å². The van der Waals surface area contributed by atoms with E-state index in [2.05, 4.69) is 11.1 Å². The minimum atomic E-state index is -0.955. The zero-order valence-corrected chi connectivity index (χ0v) is 16.5. The molecule has 0 unspecified atom stereocenters.